The summed E-state index contributed by atoms with van der Waals surface area (Å²) in [6.07, 6.45) is 17.0. The van der Waals surface area contributed by atoms with Crippen LogP contribution in [0.2, 0.25) is 33.2 Å². The number of aromatic amines is 2. The monoisotopic (exact) mass is 1120 g/mol. The molecule has 10 rings (SSSR count). The summed E-state index contributed by atoms with van der Waals surface area (Å²) in [5.74, 6) is 1.20. The Morgan fingerprint density at radius 2 is 0.986 bits per heavy atom. The zero-order valence-corrected chi connectivity index (χ0v) is 49.2. The number of pyridine rings is 4. The van der Waals surface area contributed by atoms with Crippen molar-refractivity contribution in [2.24, 2.45) is 0 Å². The predicted molar refractivity (Wildman–Crippen MR) is 318 cm³/mol. The molecule has 8 heterocycles. The molecule has 9 aromatic rings. The second-order valence-electron chi connectivity index (χ2n) is 20.6. The SMILES string of the molecule is Brc1cnc2[nH]ccc2c1.CC(C)[Si](C(C)C)(C(C)C)[N+]1=CCc2cc(Br)cnc21.CC(C)[Si](C(C)C)(C(C)C)n1ccc2cc(Nc3ccccc3)cnc21.c1ccc(Nc2cnc3[nH]ccc3c2)cc1. The maximum atomic E-state index is 4.89. The first-order valence-corrected chi connectivity index (χ1v) is 31.3. The highest BCUT2D eigenvalue weighted by molar-refractivity contribution is 9.10. The van der Waals surface area contributed by atoms with Crippen LogP contribution in [0.5, 0.6) is 0 Å². The predicted octanol–water partition coefficient (Wildman–Crippen LogP) is 17.7. The Balaban J connectivity index is 0.000000147. The molecule has 376 valence electrons. The maximum absolute atomic E-state index is 4.89. The van der Waals surface area contributed by atoms with E-state index in [-0.39, 0.29) is 0 Å². The standard InChI is InChI=1S/C22H31N3Si.C16H26BrN2Si.C13H11N3.C7H5BrN2/c1-16(2)26(17(3)4,18(5)6)25-13-12-19-14-21(15-23-22(19)25)24-20-10-8-7-9-11-20;1-11(2)20(12(3)4,13(5)6)19-8-7-14-9-15(17)10-18-16(14)19;1-2-4-11(5-3-1)16-12-8-10-6-7-14-13(10)15-9-12;8-6-3-5-1-2-9-7(5)10-4-6/h7-18,24H,1-6H3;8-13H,7H2,1-6H3;1-9,16H,(H,14,15);1-4H,(H,9,10)/q;+1;;. The number of hydrogen-bond donors (Lipinski definition) is 4. The number of para-hydroxylation sites is 2. The summed E-state index contributed by atoms with van der Waals surface area (Å²) in [6.45, 7) is 28.8. The lowest BCUT2D eigenvalue weighted by Gasteiger charge is -2.44. The molecule has 0 fully saturated rings. The van der Waals surface area contributed by atoms with Gasteiger partial charge in [-0.2, -0.15) is 0 Å². The number of rotatable bonds is 12. The van der Waals surface area contributed by atoms with Gasteiger partial charge in [0, 0.05) is 57.0 Å². The Labute approximate surface area is 446 Å². The van der Waals surface area contributed by atoms with Crippen molar-refractivity contribution in [1.29, 1.82) is 0 Å². The number of H-pyrrole nitrogens is 2. The molecule has 0 saturated heterocycles. The van der Waals surface area contributed by atoms with E-state index in [4.69, 9.17) is 9.97 Å². The third-order valence-corrected chi connectivity index (χ3v) is 28.8. The normalized spacial score (nSPS) is 12.5. The Morgan fingerprint density at radius 1 is 0.514 bits per heavy atom. The molecular formula is C58H73Br2N10Si2+. The zero-order valence-electron chi connectivity index (χ0n) is 44.0. The Bertz CT molecular complexity index is 3150. The van der Waals surface area contributed by atoms with Crippen molar-refractivity contribution < 1.29 is 4.24 Å². The fraction of sp³-hybridized carbons (Fsp3) is 0.328. The van der Waals surface area contributed by atoms with Crippen LogP contribution in [-0.2, 0) is 6.42 Å². The number of nitrogens with zero attached hydrogens (tertiary/aromatic N) is 6. The van der Waals surface area contributed by atoms with E-state index in [0.29, 0.717) is 33.2 Å². The van der Waals surface area contributed by atoms with Crippen molar-refractivity contribution in [3.8, 4) is 0 Å². The minimum absolute atomic E-state index is 0.655. The lowest BCUT2D eigenvalue weighted by atomic mass is 10.2. The first kappa shape index (κ1) is 54.1. The van der Waals surface area contributed by atoms with Gasteiger partial charge in [0.25, 0.3) is 8.24 Å². The third-order valence-electron chi connectivity index (χ3n) is 14.4. The van der Waals surface area contributed by atoms with Crippen LogP contribution in [0.3, 0.4) is 0 Å². The van der Waals surface area contributed by atoms with Gasteiger partial charge in [0.1, 0.15) is 16.9 Å². The highest BCUT2D eigenvalue weighted by Crippen LogP contribution is 2.47. The molecule has 0 saturated carbocycles. The summed E-state index contributed by atoms with van der Waals surface area (Å²) >= 11 is 6.88. The molecule has 0 aliphatic carbocycles. The average molecular weight is 1130 g/mol. The molecule has 0 bridgehead atoms. The summed E-state index contributed by atoms with van der Waals surface area (Å²) in [5.41, 5.74) is 12.6. The van der Waals surface area contributed by atoms with E-state index < -0.39 is 16.5 Å². The highest BCUT2D eigenvalue weighted by Gasteiger charge is 2.54. The van der Waals surface area contributed by atoms with Gasteiger partial charge >= 0.3 is 5.82 Å². The van der Waals surface area contributed by atoms with E-state index in [2.05, 4.69) is 203 Å². The van der Waals surface area contributed by atoms with E-state index in [1.165, 1.54) is 16.8 Å². The lowest BCUT2D eigenvalue weighted by Crippen LogP contribution is -2.53. The molecule has 0 radical (unpaired) electrons. The second kappa shape index (κ2) is 23.9. The number of hydrogen-bond acceptors (Lipinski definition) is 6. The molecule has 14 heteroatoms. The van der Waals surface area contributed by atoms with E-state index in [1.54, 1.807) is 6.20 Å². The molecule has 0 amide bonds. The van der Waals surface area contributed by atoms with E-state index in [1.807, 2.05) is 97.7 Å². The first-order valence-electron chi connectivity index (χ1n) is 25.4. The molecule has 4 N–H and O–H groups in total. The molecule has 0 unspecified atom stereocenters. The van der Waals surface area contributed by atoms with Crippen LogP contribution in [0.4, 0.5) is 28.6 Å². The average Bonchev–Trinajstić information content (AvgIpc) is 4.18. The first-order chi connectivity index (χ1) is 34.5. The van der Waals surface area contributed by atoms with Crippen LogP contribution in [0, 0.1) is 0 Å². The largest absolute Gasteiger partial charge is 0.359 e. The van der Waals surface area contributed by atoms with Crippen LogP contribution >= 0.6 is 31.9 Å². The van der Waals surface area contributed by atoms with Crippen molar-refractivity contribution in [3.63, 3.8) is 0 Å². The van der Waals surface area contributed by atoms with Gasteiger partial charge in [0.2, 0.25) is 0 Å². The van der Waals surface area contributed by atoms with Gasteiger partial charge in [0.05, 0.1) is 40.0 Å². The van der Waals surface area contributed by atoms with Crippen LogP contribution < -0.4 is 10.6 Å². The minimum Gasteiger partial charge on any atom is -0.359 e. The molecule has 10 nitrogen and oxygen atoms in total. The van der Waals surface area contributed by atoms with Gasteiger partial charge in [-0.3, -0.25) is 4.24 Å². The number of benzene rings is 2. The fourth-order valence-corrected chi connectivity index (χ4v) is 25.8. The van der Waals surface area contributed by atoms with Crippen LogP contribution in [0.1, 0.15) is 88.6 Å². The smallest absolute Gasteiger partial charge is 0.312 e. The van der Waals surface area contributed by atoms with Crippen LogP contribution in [-0.4, -0.2) is 61.1 Å². The summed E-state index contributed by atoms with van der Waals surface area (Å²) in [5, 5.41) is 10.2. The van der Waals surface area contributed by atoms with Crippen molar-refractivity contribution in [2.45, 2.75) is 123 Å². The molecular weight excluding hydrogens is 1050 g/mol. The van der Waals surface area contributed by atoms with Crippen LogP contribution in [0.25, 0.3) is 33.1 Å². The quantitative estimate of drug-likeness (QED) is 0.0906. The molecule has 72 heavy (non-hydrogen) atoms. The van der Waals surface area contributed by atoms with E-state index in [9.17, 15) is 0 Å². The van der Waals surface area contributed by atoms with Gasteiger partial charge in [-0.25, -0.2) is 15.0 Å². The number of aromatic nitrogens is 7. The molecule has 2 aromatic carbocycles. The third kappa shape index (κ3) is 11.7. The summed E-state index contributed by atoms with van der Waals surface area (Å²) < 4.78 is 7.26. The number of fused-ring (bicyclic) bond motifs is 4. The molecule has 1 aliphatic rings. The molecule has 0 spiro atoms. The molecule has 7 aromatic heterocycles. The fourth-order valence-electron chi connectivity index (χ4n) is 11.8. The summed E-state index contributed by atoms with van der Waals surface area (Å²) in [4.78, 5) is 24.2. The number of anilines is 4. The molecule has 1 aliphatic heterocycles. The van der Waals surface area contributed by atoms with Crippen molar-refractivity contribution >= 4 is 116 Å². The van der Waals surface area contributed by atoms with Crippen LogP contribution in [0.15, 0.2) is 155 Å². The summed E-state index contributed by atoms with van der Waals surface area (Å²) in [7, 11) is -3.44. The maximum Gasteiger partial charge on any atom is 0.312 e. The van der Waals surface area contributed by atoms with Crippen molar-refractivity contribution in [2.75, 3.05) is 10.6 Å². The van der Waals surface area contributed by atoms with Crippen molar-refractivity contribution in [3.05, 3.63) is 161 Å². The van der Waals surface area contributed by atoms with Gasteiger partial charge in [-0.05, 0) is 143 Å². The van der Waals surface area contributed by atoms with Gasteiger partial charge in [-0.15, -0.1) is 0 Å². The zero-order chi connectivity index (χ0) is 51.7. The van der Waals surface area contributed by atoms with E-state index in [0.717, 1.165) is 65.8 Å². The topological polar surface area (TPSA) is 115 Å². The Kier molecular flexibility index (Phi) is 18.0. The second-order valence-corrected chi connectivity index (χ2v) is 33.9. The Morgan fingerprint density at radius 3 is 1.51 bits per heavy atom. The van der Waals surface area contributed by atoms with Gasteiger partial charge < -0.3 is 24.8 Å². The van der Waals surface area contributed by atoms with Gasteiger partial charge in [0.15, 0.2) is 14.4 Å². The Hall–Kier alpha value is -5.68. The summed E-state index contributed by atoms with van der Waals surface area (Å²) in [6, 6.07) is 35.1. The molecule has 0 atom stereocenters. The minimum atomic E-state index is -1.77. The van der Waals surface area contributed by atoms with E-state index >= 15 is 0 Å². The highest BCUT2D eigenvalue weighted by atomic mass is 79.9. The lowest BCUT2D eigenvalue weighted by molar-refractivity contribution is -0.303. The number of nitrogens with one attached hydrogen (secondary N) is 4. The number of halogens is 2. The van der Waals surface area contributed by atoms with Gasteiger partial charge in [-0.1, -0.05) is 119 Å². The van der Waals surface area contributed by atoms with Crippen molar-refractivity contribution in [1.82, 2.24) is 34.1 Å².